The molecule has 0 spiro atoms. The normalized spacial score (nSPS) is 11.6. The molecule has 0 saturated carbocycles. The number of hydrogen-bond acceptors (Lipinski definition) is 4. The number of nitrogens with zero attached hydrogens (tertiary/aromatic N) is 1. The van der Waals surface area contributed by atoms with Gasteiger partial charge in [-0.15, -0.1) is 0 Å². The average Bonchev–Trinajstić information content (AvgIpc) is 2.50. The number of hydrazone groups is 1. The second-order valence-electron chi connectivity index (χ2n) is 4.43. The third-order valence-corrected chi connectivity index (χ3v) is 4.72. The largest absolute Gasteiger partial charge is 0.494 e. The Bertz CT molecular complexity index is 823. The molecule has 0 radical (unpaired) electrons. The van der Waals surface area contributed by atoms with Gasteiger partial charge in [0.15, 0.2) is 0 Å². The lowest BCUT2D eigenvalue weighted by molar-refractivity contribution is 0.340. The molecule has 2 aromatic carbocycles. The minimum Gasteiger partial charge on any atom is -0.494 e. The highest BCUT2D eigenvalue weighted by Crippen LogP contribution is 2.24. The van der Waals surface area contributed by atoms with Crippen LogP contribution in [0.15, 0.2) is 52.5 Å². The number of halogens is 2. The van der Waals surface area contributed by atoms with Crippen LogP contribution in [-0.2, 0) is 10.0 Å². The summed E-state index contributed by atoms with van der Waals surface area (Å²) in [5, 5.41) is 4.18. The topological polar surface area (TPSA) is 67.8 Å². The van der Waals surface area contributed by atoms with Gasteiger partial charge in [-0.1, -0.05) is 35.3 Å². The fourth-order valence-corrected chi connectivity index (χ4v) is 2.90. The molecule has 122 valence electrons. The molecule has 0 fully saturated rings. The summed E-state index contributed by atoms with van der Waals surface area (Å²) in [6, 6.07) is 11.1. The molecule has 2 rings (SSSR count). The van der Waals surface area contributed by atoms with Gasteiger partial charge in [0.25, 0.3) is 10.0 Å². The van der Waals surface area contributed by atoms with Gasteiger partial charge in [0.05, 0.1) is 27.8 Å². The number of sulfonamides is 1. The van der Waals surface area contributed by atoms with E-state index in [1.165, 1.54) is 24.4 Å². The zero-order valence-electron chi connectivity index (χ0n) is 12.2. The highest BCUT2D eigenvalue weighted by atomic mass is 35.5. The van der Waals surface area contributed by atoms with Gasteiger partial charge >= 0.3 is 0 Å². The van der Waals surface area contributed by atoms with E-state index in [4.69, 9.17) is 27.9 Å². The Morgan fingerprint density at radius 2 is 1.96 bits per heavy atom. The molecular formula is C15H14Cl2N2O3S. The second-order valence-corrected chi connectivity index (χ2v) is 6.91. The molecule has 0 heterocycles. The summed E-state index contributed by atoms with van der Waals surface area (Å²) in [6.45, 7) is 2.43. The predicted octanol–water partition coefficient (Wildman–Crippen LogP) is 3.70. The summed E-state index contributed by atoms with van der Waals surface area (Å²) >= 11 is 11.6. The van der Waals surface area contributed by atoms with Crippen molar-refractivity contribution < 1.29 is 13.2 Å². The fourth-order valence-electron chi connectivity index (χ4n) is 1.72. The third-order valence-electron chi connectivity index (χ3n) is 2.76. The van der Waals surface area contributed by atoms with Gasteiger partial charge in [-0.3, -0.25) is 0 Å². The second kappa shape index (κ2) is 7.68. The van der Waals surface area contributed by atoms with E-state index < -0.39 is 10.0 Å². The SMILES string of the molecule is CCOc1cccc(/C=N/NS(=O)(=O)c2ccc(Cl)c(Cl)c2)c1. The van der Waals surface area contributed by atoms with Crippen molar-refractivity contribution in [3.05, 3.63) is 58.1 Å². The Kier molecular flexibility index (Phi) is 5.87. The maximum atomic E-state index is 12.1. The third kappa shape index (κ3) is 4.86. The molecular weight excluding hydrogens is 359 g/mol. The average molecular weight is 373 g/mol. The lowest BCUT2D eigenvalue weighted by Gasteiger charge is -2.05. The molecule has 0 saturated heterocycles. The Morgan fingerprint density at radius 3 is 2.65 bits per heavy atom. The van der Waals surface area contributed by atoms with Crippen molar-refractivity contribution in [2.24, 2.45) is 5.10 Å². The van der Waals surface area contributed by atoms with Crippen molar-refractivity contribution >= 4 is 39.4 Å². The van der Waals surface area contributed by atoms with Crippen LogP contribution in [0.2, 0.25) is 10.0 Å². The molecule has 0 atom stereocenters. The van der Waals surface area contributed by atoms with Gasteiger partial charge in [-0.25, -0.2) is 4.83 Å². The van der Waals surface area contributed by atoms with Crippen LogP contribution in [0, 0.1) is 0 Å². The van der Waals surface area contributed by atoms with Crippen molar-refractivity contribution in [1.82, 2.24) is 4.83 Å². The van der Waals surface area contributed by atoms with E-state index in [0.717, 1.165) is 0 Å². The zero-order valence-corrected chi connectivity index (χ0v) is 14.5. The Hall–Kier alpha value is -1.76. The minimum absolute atomic E-state index is 0.0212. The molecule has 1 N–H and O–H groups in total. The van der Waals surface area contributed by atoms with Crippen LogP contribution in [0.3, 0.4) is 0 Å². The Labute approximate surface area is 144 Å². The predicted molar refractivity (Wildman–Crippen MR) is 92.0 cm³/mol. The molecule has 2 aromatic rings. The molecule has 0 unspecified atom stereocenters. The zero-order chi connectivity index (χ0) is 16.9. The van der Waals surface area contributed by atoms with Gasteiger partial charge in [0.1, 0.15) is 5.75 Å². The Morgan fingerprint density at radius 1 is 1.17 bits per heavy atom. The van der Waals surface area contributed by atoms with Crippen LogP contribution in [0.4, 0.5) is 0 Å². The smallest absolute Gasteiger partial charge is 0.276 e. The molecule has 0 amide bonds. The highest BCUT2D eigenvalue weighted by Gasteiger charge is 2.14. The van der Waals surface area contributed by atoms with E-state index in [1.807, 2.05) is 6.92 Å². The number of rotatable bonds is 6. The quantitative estimate of drug-likeness (QED) is 0.620. The number of nitrogens with one attached hydrogen (secondary N) is 1. The molecule has 23 heavy (non-hydrogen) atoms. The molecule has 0 aliphatic rings. The first-order valence-corrected chi connectivity index (χ1v) is 8.89. The summed E-state index contributed by atoms with van der Waals surface area (Å²) < 4.78 is 29.6. The van der Waals surface area contributed by atoms with Crippen LogP contribution in [0.5, 0.6) is 5.75 Å². The van der Waals surface area contributed by atoms with Crippen LogP contribution < -0.4 is 9.57 Å². The van der Waals surface area contributed by atoms with Crippen molar-refractivity contribution in [1.29, 1.82) is 0 Å². The van der Waals surface area contributed by atoms with Crippen LogP contribution in [0.25, 0.3) is 0 Å². The van der Waals surface area contributed by atoms with Gasteiger partial charge < -0.3 is 4.74 Å². The van der Waals surface area contributed by atoms with E-state index in [1.54, 1.807) is 24.3 Å². The summed E-state index contributed by atoms with van der Waals surface area (Å²) in [6.07, 6.45) is 1.39. The molecule has 5 nitrogen and oxygen atoms in total. The molecule has 8 heteroatoms. The molecule has 0 bridgehead atoms. The van der Waals surface area contributed by atoms with Gasteiger partial charge in [0, 0.05) is 0 Å². The lowest BCUT2D eigenvalue weighted by Crippen LogP contribution is -2.18. The van der Waals surface area contributed by atoms with Gasteiger partial charge in [-0.2, -0.15) is 13.5 Å². The molecule has 0 aliphatic carbocycles. The van der Waals surface area contributed by atoms with Gasteiger partial charge in [0.2, 0.25) is 0 Å². The van der Waals surface area contributed by atoms with Crippen molar-refractivity contribution in [2.75, 3.05) is 6.61 Å². The van der Waals surface area contributed by atoms with Crippen LogP contribution >= 0.6 is 23.2 Å². The first-order valence-electron chi connectivity index (χ1n) is 6.65. The first kappa shape index (κ1) is 17.6. The van der Waals surface area contributed by atoms with Crippen molar-refractivity contribution in [2.45, 2.75) is 11.8 Å². The summed E-state index contributed by atoms with van der Waals surface area (Å²) in [4.78, 5) is 2.10. The summed E-state index contributed by atoms with van der Waals surface area (Å²) in [7, 11) is -3.81. The van der Waals surface area contributed by atoms with Crippen LogP contribution in [0.1, 0.15) is 12.5 Å². The standard InChI is InChI=1S/C15H14Cl2N2O3S/c1-2-22-12-5-3-4-11(8-12)10-18-19-23(20,21)13-6-7-14(16)15(17)9-13/h3-10,19H,2H2,1H3/b18-10+. The molecule has 0 aromatic heterocycles. The monoisotopic (exact) mass is 372 g/mol. The number of hydrogen-bond donors (Lipinski definition) is 1. The van der Waals surface area contributed by atoms with Crippen LogP contribution in [-0.4, -0.2) is 21.2 Å². The molecule has 0 aliphatic heterocycles. The van der Waals surface area contributed by atoms with Crippen molar-refractivity contribution in [3.8, 4) is 5.75 Å². The van der Waals surface area contributed by atoms with E-state index in [0.29, 0.717) is 17.9 Å². The number of ether oxygens (including phenoxy) is 1. The van der Waals surface area contributed by atoms with E-state index in [2.05, 4.69) is 9.93 Å². The highest BCUT2D eigenvalue weighted by molar-refractivity contribution is 7.89. The van der Waals surface area contributed by atoms with Gasteiger partial charge in [-0.05, 0) is 42.8 Å². The number of benzene rings is 2. The van der Waals surface area contributed by atoms with Crippen molar-refractivity contribution in [3.63, 3.8) is 0 Å². The minimum atomic E-state index is -3.81. The van der Waals surface area contributed by atoms with E-state index in [9.17, 15) is 8.42 Å². The maximum Gasteiger partial charge on any atom is 0.276 e. The fraction of sp³-hybridized carbons (Fsp3) is 0.133. The Balaban J connectivity index is 2.12. The van der Waals surface area contributed by atoms with E-state index in [-0.39, 0.29) is 14.9 Å². The lowest BCUT2D eigenvalue weighted by atomic mass is 10.2. The first-order chi connectivity index (χ1) is 10.9. The maximum absolute atomic E-state index is 12.1. The summed E-state index contributed by atoms with van der Waals surface area (Å²) in [5.74, 6) is 0.684. The summed E-state index contributed by atoms with van der Waals surface area (Å²) in [5.41, 5.74) is 0.702. The van der Waals surface area contributed by atoms with E-state index >= 15 is 0 Å².